The van der Waals surface area contributed by atoms with Crippen LogP contribution in [0.1, 0.15) is 50.8 Å². The Labute approximate surface area is 129 Å². The molecule has 1 aromatic heterocycles. The average Bonchev–Trinajstić information content (AvgIpc) is 2.47. The zero-order valence-corrected chi connectivity index (χ0v) is 14.3. The van der Waals surface area contributed by atoms with Crippen LogP contribution in [0.3, 0.4) is 0 Å². The van der Waals surface area contributed by atoms with Crippen LogP contribution in [0.5, 0.6) is 0 Å². The monoisotopic (exact) mass is 293 g/mol. The minimum Gasteiger partial charge on any atom is -0.385 e. The Kier molecular flexibility index (Phi) is 8.31. The second kappa shape index (κ2) is 9.74. The zero-order valence-electron chi connectivity index (χ0n) is 14.3. The number of aromatic nitrogens is 1. The van der Waals surface area contributed by atoms with Crippen LogP contribution in [-0.2, 0) is 11.3 Å². The van der Waals surface area contributed by atoms with E-state index >= 15 is 0 Å². The Hall–Kier alpha value is -1.13. The summed E-state index contributed by atoms with van der Waals surface area (Å²) >= 11 is 0. The third-order valence-corrected chi connectivity index (χ3v) is 3.47. The number of nitrogens with zero attached hydrogens (tertiary/aromatic N) is 2. The molecule has 0 aliphatic rings. The van der Waals surface area contributed by atoms with Crippen molar-refractivity contribution in [3.8, 4) is 0 Å². The molecule has 1 rings (SSSR count). The summed E-state index contributed by atoms with van der Waals surface area (Å²) in [7, 11) is 3.85. The molecule has 0 aliphatic carbocycles. The van der Waals surface area contributed by atoms with Crippen molar-refractivity contribution in [2.24, 2.45) is 0 Å². The van der Waals surface area contributed by atoms with Crippen LogP contribution in [0.25, 0.3) is 0 Å². The van der Waals surface area contributed by atoms with Gasteiger partial charge in [-0.1, -0.05) is 20.8 Å². The third-order valence-electron chi connectivity index (χ3n) is 3.47. The lowest BCUT2D eigenvalue weighted by Gasteiger charge is -2.21. The van der Waals surface area contributed by atoms with Crippen LogP contribution < -0.4 is 10.2 Å². The van der Waals surface area contributed by atoms with E-state index in [1.807, 2.05) is 0 Å². The van der Waals surface area contributed by atoms with Crippen molar-refractivity contribution >= 4 is 5.82 Å². The quantitative estimate of drug-likeness (QED) is 0.672. The van der Waals surface area contributed by atoms with E-state index in [4.69, 9.17) is 9.72 Å². The molecular weight excluding hydrogens is 262 g/mol. The first kappa shape index (κ1) is 17.9. The van der Waals surface area contributed by atoms with Gasteiger partial charge in [-0.15, -0.1) is 0 Å². The molecule has 0 aliphatic heterocycles. The van der Waals surface area contributed by atoms with E-state index in [1.165, 1.54) is 11.3 Å². The van der Waals surface area contributed by atoms with Crippen LogP contribution in [0.2, 0.25) is 0 Å². The van der Waals surface area contributed by atoms with Gasteiger partial charge in [-0.3, -0.25) is 0 Å². The Bertz CT molecular complexity index is 407. The molecule has 0 spiro atoms. The second-order valence-corrected chi connectivity index (χ2v) is 5.86. The van der Waals surface area contributed by atoms with Gasteiger partial charge in [0.2, 0.25) is 0 Å². The van der Waals surface area contributed by atoms with Gasteiger partial charge in [0.1, 0.15) is 5.82 Å². The van der Waals surface area contributed by atoms with Gasteiger partial charge in [0.05, 0.1) is 0 Å². The van der Waals surface area contributed by atoms with Crippen molar-refractivity contribution in [2.45, 2.75) is 46.1 Å². The Morgan fingerprint density at radius 3 is 2.71 bits per heavy atom. The fourth-order valence-electron chi connectivity index (χ4n) is 2.16. The molecule has 0 radical (unpaired) electrons. The molecule has 0 bridgehead atoms. The highest BCUT2D eigenvalue weighted by Gasteiger charge is 2.09. The van der Waals surface area contributed by atoms with E-state index in [-0.39, 0.29) is 0 Å². The molecule has 21 heavy (non-hydrogen) atoms. The maximum Gasteiger partial charge on any atom is 0.128 e. The molecule has 0 unspecified atom stereocenters. The van der Waals surface area contributed by atoms with Crippen molar-refractivity contribution in [2.75, 3.05) is 38.8 Å². The highest BCUT2D eigenvalue weighted by Crippen LogP contribution is 2.20. The number of ether oxygens (including phenoxy) is 1. The predicted octanol–water partition coefficient (Wildman–Crippen LogP) is 3.18. The first-order chi connectivity index (χ1) is 10.1. The molecular formula is C17H31N3O. The molecule has 1 heterocycles. The lowest BCUT2D eigenvalue weighted by atomic mass is 10.1. The molecule has 0 amide bonds. The van der Waals surface area contributed by atoms with Crippen LogP contribution in [-0.4, -0.2) is 38.8 Å². The van der Waals surface area contributed by atoms with E-state index < -0.39 is 0 Å². The smallest absolute Gasteiger partial charge is 0.128 e. The topological polar surface area (TPSA) is 37.4 Å². The van der Waals surface area contributed by atoms with Crippen molar-refractivity contribution < 1.29 is 4.74 Å². The Morgan fingerprint density at radius 2 is 2.10 bits per heavy atom. The van der Waals surface area contributed by atoms with Crippen molar-refractivity contribution in [3.05, 3.63) is 23.4 Å². The number of rotatable bonds is 10. The molecule has 0 atom stereocenters. The summed E-state index contributed by atoms with van der Waals surface area (Å²) in [5.41, 5.74) is 2.48. The predicted molar refractivity (Wildman–Crippen MR) is 90.1 cm³/mol. The molecule has 0 saturated heterocycles. The largest absolute Gasteiger partial charge is 0.385 e. The summed E-state index contributed by atoms with van der Waals surface area (Å²) in [5, 5.41) is 3.47. The minimum atomic E-state index is 0.447. The molecule has 120 valence electrons. The first-order valence-corrected chi connectivity index (χ1v) is 8.00. The molecule has 4 heteroatoms. The molecule has 4 nitrogen and oxygen atoms in total. The van der Waals surface area contributed by atoms with Crippen molar-refractivity contribution in [1.82, 2.24) is 10.3 Å². The van der Waals surface area contributed by atoms with Gasteiger partial charge >= 0.3 is 0 Å². The van der Waals surface area contributed by atoms with Crippen LogP contribution in [0, 0.1) is 0 Å². The van der Waals surface area contributed by atoms with Gasteiger partial charge in [-0.25, -0.2) is 4.98 Å². The first-order valence-electron chi connectivity index (χ1n) is 8.00. The second-order valence-electron chi connectivity index (χ2n) is 5.86. The van der Waals surface area contributed by atoms with Gasteiger partial charge in [0, 0.05) is 39.5 Å². The number of pyridine rings is 1. The SMILES string of the molecule is CCCNCc1cc(C(C)C)nc(N(C)CCCOC)c1. The maximum absolute atomic E-state index is 5.12. The minimum absolute atomic E-state index is 0.447. The summed E-state index contributed by atoms with van der Waals surface area (Å²) in [6, 6.07) is 4.42. The Balaban J connectivity index is 2.80. The zero-order chi connectivity index (χ0) is 15.7. The maximum atomic E-state index is 5.12. The molecule has 0 saturated carbocycles. The van der Waals surface area contributed by atoms with E-state index in [9.17, 15) is 0 Å². The van der Waals surface area contributed by atoms with E-state index in [0.717, 1.165) is 44.9 Å². The fourth-order valence-corrected chi connectivity index (χ4v) is 2.16. The van der Waals surface area contributed by atoms with E-state index in [2.05, 4.69) is 50.2 Å². The highest BCUT2D eigenvalue weighted by molar-refractivity contribution is 5.42. The fraction of sp³-hybridized carbons (Fsp3) is 0.706. The van der Waals surface area contributed by atoms with Crippen LogP contribution in [0.4, 0.5) is 5.82 Å². The van der Waals surface area contributed by atoms with E-state index in [0.29, 0.717) is 5.92 Å². The van der Waals surface area contributed by atoms with Gasteiger partial charge < -0.3 is 15.0 Å². The summed E-state index contributed by atoms with van der Waals surface area (Å²) in [6.45, 7) is 10.3. The molecule has 0 fully saturated rings. The molecule has 0 aromatic carbocycles. The lowest BCUT2D eigenvalue weighted by Crippen LogP contribution is -2.22. The molecule has 1 N–H and O–H groups in total. The van der Waals surface area contributed by atoms with Crippen LogP contribution in [0.15, 0.2) is 12.1 Å². The van der Waals surface area contributed by atoms with Crippen LogP contribution >= 0.6 is 0 Å². The number of nitrogens with one attached hydrogen (secondary N) is 1. The summed E-state index contributed by atoms with van der Waals surface area (Å²) in [4.78, 5) is 7.01. The van der Waals surface area contributed by atoms with Gasteiger partial charge in [-0.05, 0) is 43.0 Å². The van der Waals surface area contributed by atoms with E-state index in [1.54, 1.807) is 7.11 Å². The normalized spacial score (nSPS) is 11.1. The third kappa shape index (κ3) is 6.44. The number of methoxy groups -OCH3 is 1. The lowest BCUT2D eigenvalue weighted by molar-refractivity contribution is 0.196. The van der Waals surface area contributed by atoms with Gasteiger partial charge in [0.25, 0.3) is 0 Å². The molecule has 1 aromatic rings. The number of hydrogen-bond donors (Lipinski definition) is 1. The van der Waals surface area contributed by atoms with Crippen molar-refractivity contribution in [1.29, 1.82) is 0 Å². The van der Waals surface area contributed by atoms with Crippen molar-refractivity contribution in [3.63, 3.8) is 0 Å². The summed E-state index contributed by atoms with van der Waals surface area (Å²) < 4.78 is 5.12. The van der Waals surface area contributed by atoms with Gasteiger partial charge in [-0.2, -0.15) is 0 Å². The number of hydrogen-bond acceptors (Lipinski definition) is 4. The van der Waals surface area contributed by atoms with Gasteiger partial charge in [0.15, 0.2) is 0 Å². The average molecular weight is 293 g/mol. The number of anilines is 1. The Morgan fingerprint density at radius 1 is 1.33 bits per heavy atom. The summed E-state index contributed by atoms with van der Waals surface area (Å²) in [6.07, 6.45) is 2.18. The standard InChI is InChI=1S/C17H31N3O/c1-6-8-18-13-15-11-16(14(2)3)19-17(12-15)20(4)9-7-10-21-5/h11-12,14,18H,6-10,13H2,1-5H3. The summed E-state index contributed by atoms with van der Waals surface area (Å²) in [5.74, 6) is 1.51. The highest BCUT2D eigenvalue weighted by atomic mass is 16.5.